The van der Waals surface area contributed by atoms with Gasteiger partial charge in [-0.25, -0.2) is 0 Å². The summed E-state index contributed by atoms with van der Waals surface area (Å²) < 4.78 is 0. The first-order chi connectivity index (χ1) is 10.1. The van der Waals surface area contributed by atoms with E-state index in [-0.39, 0.29) is 5.91 Å². The van der Waals surface area contributed by atoms with Crippen LogP contribution in [0.5, 0.6) is 0 Å². The molecule has 0 saturated carbocycles. The highest BCUT2D eigenvalue weighted by atomic mass is 35.5. The summed E-state index contributed by atoms with van der Waals surface area (Å²) in [6.07, 6.45) is 0.717. The highest BCUT2D eigenvalue weighted by Gasteiger charge is 2.11. The predicted molar refractivity (Wildman–Crippen MR) is 86.8 cm³/mol. The number of benzene rings is 2. The highest BCUT2D eigenvalue weighted by Crippen LogP contribution is 2.19. The van der Waals surface area contributed by atoms with Gasteiger partial charge in [-0.3, -0.25) is 10.6 Å². The normalized spacial score (nSPS) is 10.2. The fourth-order valence-corrected chi connectivity index (χ4v) is 2.19. The lowest BCUT2D eigenvalue weighted by atomic mass is 10.1. The van der Waals surface area contributed by atoms with Crippen LogP contribution in [0, 0.1) is 0 Å². The molecule has 4 nitrogen and oxygen atoms in total. The van der Waals surface area contributed by atoms with Gasteiger partial charge in [0.25, 0.3) is 5.91 Å². The molecule has 1 amide bonds. The van der Waals surface area contributed by atoms with Gasteiger partial charge in [0.2, 0.25) is 0 Å². The fraction of sp³-hybridized carbons (Fsp3) is 0.133. The lowest BCUT2D eigenvalue weighted by molar-refractivity contribution is 0.0955. The van der Waals surface area contributed by atoms with Crippen molar-refractivity contribution in [1.82, 2.24) is 5.32 Å². The van der Waals surface area contributed by atoms with Crippen molar-refractivity contribution in [3.8, 4) is 0 Å². The van der Waals surface area contributed by atoms with Crippen molar-refractivity contribution < 1.29 is 4.79 Å². The average molecular weight is 324 g/mol. The van der Waals surface area contributed by atoms with E-state index in [4.69, 9.17) is 29.0 Å². The largest absolute Gasteiger partial charge is 0.352 e. The molecule has 0 heterocycles. The van der Waals surface area contributed by atoms with Crippen molar-refractivity contribution in [1.29, 1.82) is 0 Å². The van der Waals surface area contributed by atoms with Gasteiger partial charge in [-0.05, 0) is 42.3 Å². The quantitative estimate of drug-likeness (QED) is 0.584. The first kappa shape index (κ1) is 15.6. The minimum Gasteiger partial charge on any atom is -0.352 e. The van der Waals surface area contributed by atoms with Crippen molar-refractivity contribution in [3.05, 3.63) is 63.6 Å². The molecule has 4 N–H and O–H groups in total. The van der Waals surface area contributed by atoms with E-state index < -0.39 is 0 Å². The Labute approximate surface area is 133 Å². The van der Waals surface area contributed by atoms with Gasteiger partial charge >= 0.3 is 0 Å². The molecule has 21 heavy (non-hydrogen) atoms. The molecule has 0 aliphatic rings. The number of nitrogen functional groups attached to an aromatic ring is 1. The van der Waals surface area contributed by atoms with Crippen LogP contribution in [0.4, 0.5) is 5.69 Å². The third-order valence-electron chi connectivity index (χ3n) is 2.99. The van der Waals surface area contributed by atoms with Gasteiger partial charge in [0.1, 0.15) is 0 Å². The van der Waals surface area contributed by atoms with Gasteiger partial charge in [0.05, 0.1) is 11.3 Å². The van der Waals surface area contributed by atoms with E-state index >= 15 is 0 Å². The van der Waals surface area contributed by atoms with Crippen molar-refractivity contribution >= 4 is 34.8 Å². The summed E-state index contributed by atoms with van der Waals surface area (Å²) in [5, 5.41) is 4.02. The molecule has 2 rings (SSSR count). The van der Waals surface area contributed by atoms with E-state index in [9.17, 15) is 4.79 Å². The van der Waals surface area contributed by atoms with Crippen LogP contribution in [0.3, 0.4) is 0 Å². The second kappa shape index (κ2) is 7.31. The Morgan fingerprint density at radius 2 is 1.71 bits per heavy atom. The van der Waals surface area contributed by atoms with E-state index in [2.05, 4.69) is 10.7 Å². The van der Waals surface area contributed by atoms with Crippen LogP contribution >= 0.6 is 23.2 Å². The lowest BCUT2D eigenvalue weighted by Crippen LogP contribution is -2.27. The molecule has 2 aromatic carbocycles. The van der Waals surface area contributed by atoms with Crippen molar-refractivity contribution in [3.63, 3.8) is 0 Å². The summed E-state index contributed by atoms with van der Waals surface area (Å²) in [5.41, 5.74) is 4.53. The van der Waals surface area contributed by atoms with Gasteiger partial charge in [0, 0.05) is 16.6 Å². The molecule has 0 fully saturated rings. The zero-order chi connectivity index (χ0) is 15.2. The summed E-state index contributed by atoms with van der Waals surface area (Å²) in [4.78, 5) is 12.1. The van der Waals surface area contributed by atoms with Crippen LogP contribution in [0.15, 0.2) is 42.5 Å². The number of hydrazine groups is 1. The highest BCUT2D eigenvalue weighted by molar-refractivity contribution is 6.31. The van der Waals surface area contributed by atoms with E-state index in [0.29, 0.717) is 27.8 Å². The summed E-state index contributed by atoms with van der Waals surface area (Å²) in [6.45, 7) is 0.511. The van der Waals surface area contributed by atoms with E-state index in [1.807, 2.05) is 24.3 Å². The second-order valence-electron chi connectivity index (χ2n) is 4.47. The molecule has 0 aliphatic carbocycles. The van der Waals surface area contributed by atoms with Gasteiger partial charge in [0.15, 0.2) is 0 Å². The zero-order valence-electron chi connectivity index (χ0n) is 11.2. The Hall–Kier alpha value is -1.75. The third kappa shape index (κ3) is 4.36. The predicted octanol–water partition coefficient (Wildman–Crippen LogP) is 3.25. The van der Waals surface area contributed by atoms with E-state index in [1.165, 1.54) is 0 Å². The Balaban J connectivity index is 1.95. The molecule has 2 aromatic rings. The van der Waals surface area contributed by atoms with Gasteiger partial charge < -0.3 is 10.7 Å². The van der Waals surface area contributed by atoms with Crippen LogP contribution in [0.1, 0.15) is 15.9 Å². The zero-order valence-corrected chi connectivity index (χ0v) is 12.7. The summed E-state index contributed by atoms with van der Waals surface area (Å²) in [6, 6.07) is 12.4. The topological polar surface area (TPSA) is 67.1 Å². The summed E-state index contributed by atoms with van der Waals surface area (Å²) in [5.74, 6) is 5.16. The van der Waals surface area contributed by atoms with Gasteiger partial charge in [-0.2, -0.15) is 0 Å². The van der Waals surface area contributed by atoms with Gasteiger partial charge in [-0.15, -0.1) is 0 Å². The standard InChI is InChI=1S/C15H15Cl2N3O/c16-11-3-1-10(2-4-11)7-8-19-15(21)13-9-12(17)5-6-14(13)20-18/h1-6,9,20H,7-8,18H2,(H,19,21). The minimum absolute atomic E-state index is 0.223. The number of nitrogens with one attached hydrogen (secondary N) is 2. The van der Waals surface area contributed by atoms with E-state index in [0.717, 1.165) is 12.0 Å². The number of carbonyl (C=O) groups is 1. The Bertz CT molecular complexity index is 629. The third-order valence-corrected chi connectivity index (χ3v) is 3.48. The number of nitrogens with two attached hydrogens (primary N) is 1. The van der Waals surface area contributed by atoms with Crippen molar-refractivity contribution in [2.75, 3.05) is 12.0 Å². The second-order valence-corrected chi connectivity index (χ2v) is 5.34. The molecule has 0 radical (unpaired) electrons. The molecule has 0 bridgehead atoms. The van der Waals surface area contributed by atoms with Crippen molar-refractivity contribution in [2.24, 2.45) is 5.84 Å². The molecule has 110 valence electrons. The maximum absolute atomic E-state index is 12.1. The molecule has 0 unspecified atom stereocenters. The molecule has 6 heteroatoms. The smallest absolute Gasteiger partial charge is 0.253 e. The average Bonchev–Trinajstić information content (AvgIpc) is 2.49. The van der Waals surface area contributed by atoms with Crippen LogP contribution in [-0.4, -0.2) is 12.5 Å². The number of amides is 1. The molecular formula is C15H15Cl2N3O. The number of carbonyl (C=O) groups excluding carboxylic acids is 1. The Morgan fingerprint density at radius 3 is 2.38 bits per heavy atom. The Morgan fingerprint density at radius 1 is 1.05 bits per heavy atom. The maximum Gasteiger partial charge on any atom is 0.253 e. The van der Waals surface area contributed by atoms with Crippen molar-refractivity contribution in [2.45, 2.75) is 6.42 Å². The van der Waals surface area contributed by atoms with Crippen LogP contribution in [0.2, 0.25) is 10.0 Å². The molecule has 0 saturated heterocycles. The van der Waals surface area contributed by atoms with E-state index in [1.54, 1.807) is 18.2 Å². The number of anilines is 1. The molecular weight excluding hydrogens is 309 g/mol. The monoisotopic (exact) mass is 323 g/mol. The van der Waals surface area contributed by atoms with Crippen LogP contribution in [0.25, 0.3) is 0 Å². The first-order valence-corrected chi connectivity index (χ1v) is 7.14. The molecule has 0 aromatic heterocycles. The maximum atomic E-state index is 12.1. The molecule has 0 aliphatic heterocycles. The van der Waals surface area contributed by atoms with Crippen LogP contribution < -0.4 is 16.6 Å². The lowest BCUT2D eigenvalue weighted by Gasteiger charge is -2.10. The molecule has 0 atom stereocenters. The first-order valence-electron chi connectivity index (χ1n) is 6.39. The minimum atomic E-state index is -0.223. The van der Waals surface area contributed by atoms with Gasteiger partial charge in [-0.1, -0.05) is 35.3 Å². The molecule has 0 spiro atoms. The summed E-state index contributed by atoms with van der Waals surface area (Å²) >= 11 is 11.7. The summed E-state index contributed by atoms with van der Waals surface area (Å²) in [7, 11) is 0. The Kier molecular flexibility index (Phi) is 5.44. The number of rotatable bonds is 5. The SMILES string of the molecule is NNc1ccc(Cl)cc1C(=O)NCCc1ccc(Cl)cc1. The number of halogens is 2. The number of hydrogen-bond acceptors (Lipinski definition) is 3. The fourth-order valence-electron chi connectivity index (χ4n) is 1.90. The van der Waals surface area contributed by atoms with Crippen LogP contribution in [-0.2, 0) is 6.42 Å². The number of hydrogen-bond donors (Lipinski definition) is 3.